The van der Waals surface area contributed by atoms with Gasteiger partial charge in [-0.15, -0.1) is 0 Å². The lowest BCUT2D eigenvalue weighted by Crippen LogP contribution is -2.57. The maximum atomic E-state index is 12.8. The molecule has 2 heterocycles. The van der Waals surface area contributed by atoms with Gasteiger partial charge in [0.15, 0.2) is 5.78 Å². The molecular formula is C28H45N3O4. The van der Waals surface area contributed by atoms with Crippen molar-refractivity contribution in [2.45, 2.75) is 66.8 Å². The molecule has 3 rings (SSSR count). The molecule has 0 radical (unpaired) electrons. The predicted molar refractivity (Wildman–Crippen MR) is 140 cm³/mol. The van der Waals surface area contributed by atoms with Crippen LogP contribution in [0, 0.1) is 17.8 Å². The van der Waals surface area contributed by atoms with Crippen molar-refractivity contribution in [1.29, 1.82) is 0 Å². The van der Waals surface area contributed by atoms with E-state index in [9.17, 15) is 14.4 Å². The van der Waals surface area contributed by atoms with Gasteiger partial charge >= 0.3 is 0 Å². The predicted octanol–water partition coefficient (Wildman–Crippen LogP) is 4.02. The molecule has 2 saturated heterocycles. The van der Waals surface area contributed by atoms with Gasteiger partial charge in [-0.3, -0.25) is 14.4 Å². The Morgan fingerprint density at radius 2 is 1.74 bits per heavy atom. The molecule has 2 amide bonds. The molecule has 0 aliphatic carbocycles. The summed E-state index contributed by atoms with van der Waals surface area (Å²) in [6.07, 6.45) is 2.55. The summed E-state index contributed by atoms with van der Waals surface area (Å²) in [7, 11) is 0. The van der Waals surface area contributed by atoms with Crippen LogP contribution in [0.25, 0.3) is 0 Å². The van der Waals surface area contributed by atoms with Crippen molar-refractivity contribution >= 4 is 17.6 Å². The van der Waals surface area contributed by atoms with E-state index in [1.54, 1.807) is 24.0 Å². The van der Waals surface area contributed by atoms with Gasteiger partial charge in [0.25, 0.3) is 0 Å². The second kappa shape index (κ2) is 14.2. The molecule has 7 heteroatoms. The van der Waals surface area contributed by atoms with Crippen LogP contribution in [-0.4, -0.2) is 72.8 Å². The van der Waals surface area contributed by atoms with E-state index in [2.05, 4.69) is 39.9 Å². The number of hydrogen-bond donors (Lipinski definition) is 1. The van der Waals surface area contributed by atoms with Crippen LogP contribution in [0.4, 0.5) is 0 Å². The van der Waals surface area contributed by atoms with Gasteiger partial charge in [-0.1, -0.05) is 46.8 Å². The Labute approximate surface area is 211 Å². The number of piperazine rings is 1. The van der Waals surface area contributed by atoms with Gasteiger partial charge in [-0.2, -0.15) is 0 Å². The lowest BCUT2D eigenvalue weighted by molar-refractivity contribution is -0.144. The van der Waals surface area contributed by atoms with Crippen LogP contribution in [0.3, 0.4) is 0 Å². The van der Waals surface area contributed by atoms with Gasteiger partial charge < -0.3 is 19.9 Å². The second-order valence-electron chi connectivity index (χ2n) is 10.8. The number of ketones is 1. The average Bonchev–Trinajstić information content (AvgIpc) is 2.80. The molecule has 0 aromatic heterocycles. The van der Waals surface area contributed by atoms with Crippen molar-refractivity contribution in [1.82, 2.24) is 15.1 Å². The number of hydrogen-bond acceptors (Lipinski definition) is 5. The fraction of sp³-hybridized carbons (Fsp3) is 0.679. The zero-order chi connectivity index (χ0) is 26.0. The highest BCUT2D eigenvalue weighted by atomic mass is 16.5. The van der Waals surface area contributed by atoms with Crippen LogP contribution >= 0.6 is 0 Å². The van der Waals surface area contributed by atoms with Gasteiger partial charge in [0.1, 0.15) is 5.75 Å². The second-order valence-corrected chi connectivity index (χ2v) is 10.8. The van der Waals surface area contributed by atoms with Crippen LogP contribution in [0.1, 0.15) is 71.2 Å². The van der Waals surface area contributed by atoms with Crippen molar-refractivity contribution in [3.8, 4) is 5.75 Å². The normalized spacial score (nSPS) is 19.0. The molecule has 1 atom stereocenters. The highest BCUT2D eigenvalue weighted by Gasteiger charge is 2.32. The molecule has 35 heavy (non-hydrogen) atoms. The first kappa shape index (κ1) is 28.8. The van der Waals surface area contributed by atoms with Crippen LogP contribution in [0.15, 0.2) is 24.3 Å². The Morgan fingerprint density at radius 3 is 2.34 bits per heavy atom. The molecule has 7 nitrogen and oxygen atoms in total. The smallest absolute Gasteiger partial charge is 0.242 e. The van der Waals surface area contributed by atoms with Crippen molar-refractivity contribution in [3.05, 3.63) is 29.8 Å². The lowest BCUT2D eigenvalue weighted by Gasteiger charge is -2.36. The summed E-state index contributed by atoms with van der Waals surface area (Å²) in [6.45, 7) is 15.7. The van der Waals surface area contributed by atoms with Gasteiger partial charge in [-0.05, 0) is 56.1 Å². The summed E-state index contributed by atoms with van der Waals surface area (Å²) in [5.74, 6) is 2.45. The maximum absolute atomic E-state index is 12.8. The third-order valence-corrected chi connectivity index (χ3v) is 6.11. The zero-order valence-corrected chi connectivity index (χ0v) is 22.5. The highest BCUT2D eigenvalue weighted by Crippen LogP contribution is 2.21. The van der Waals surface area contributed by atoms with Crippen molar-refractivity contribution in [2.24, 2.45) is 17.8 Å². The molecule has 1 aromatic carbocycles. The first-order chi connectivity index (χ1) is 16.6. The van der Waals surface area contributed by atoms with Gasteiger partial charge in [0, 0.05) is 31.7 Å². The summed E-state index contributed by atoms with van der Waals surface area (Å²) in [5.41, 5.74) is 0.649. The molecule has 1 N–H and O–H groups in total. The molecule has 196 valence electrons. The number of ether oxygens (including phenoxy) is 1. The summed E-state index contributed by atoms with van der Waals surface area (Å²) in [6, 6.07) is 7.08. The van der Waals surface area contributed by atoms with Gasteiger partial charge in [0.2, 0.25) is 11.8 Å². The van der Waals surface area contributed by atoms with Crippen LogP contribution < -0.4 is 10.1 Å². The van der Waals surface area contributed by atoms with Crippen molar-refractivity contribution < 1.29 is 19.1 Å². The SMILES string of the molecule is CC(=O)c1cccc(OCC2CCN(C(=O)CN3CCNC(CC(C)C)C3=O)CC2)c1.CC(C)C. The fourth-order valence-corrected chi connectivity index (χ4v) is 4.24. The molecule has 2 fully saturated rings. The molecule has 1 unspecified atom stereocenters. The molecule has 2 aliphatic heterocycles. The number of nitrogens with zero attached hydrogens (tertiary/aromatic N) is 2. The minimum absolute atomic E-state index is 0.0239. The van der Waals surface area contributed by atoms with Crippen molar-refractivity contribution in [3.63, 3.8) is 0 Å². The number of nitrogens with one attached hydrogen (secondary N) is 1. The topological polar surface area (TPSA) is 79.0 Å². The summed E-state index contributed by atoms with van der Waals surface area (Å²) >= 11 is 0. The minimum atomic E-state index is -0.175. The Hall–Kier alpha value is -2.41. The van der Waals surface area contributed by atoms with E-state index in [1.165, 1.54) is 0 Å². The quantitative estimate of drug-likeness (QED) is 0.561. The van der Waals surface area contributed by atoms with E-state index in [0.717, 1.165) is 31.7 Å². The minimum Gasteiger partial charge on any atom is -0.493 e. The van der Waals surface area contributed by atoms with E-state index in [1.807, 2.05) is 17.0 Å². The molecule has 2 aliphatic rings. The number of carbonyl (C=O) groups excluding carboxylic acids is 3. The molecular weight excluding hydrogens is 442 g/mol. The molecule has 0 spiro atoms. The fourth-order valence-electron chi connectivity index (χ4n) is 4.24. The lowest BCUT2D eigenvalue weighted by atomic mass is 9.97. The largest absolute Gasteiger partial charge is 0.493 e. The Bertz CT molecular complexity index is 828. The summed E-state index contributed by atoms with van der Waals surface area (Å²) in [5, 5.41) is 3.28. The number of likely N-dealkylation sites (tertiary alicyclic amines) is 1. The van der Waals surface area contributed by atoms with E-state index >= 15 is 0 Å². The highest BCUT2D eigenvalue weighted by molar-refractivity contribution is 5.94. The third-order valence-electron chi connectivity index (χ3n) is 6.11. The Morgan fingerprint density at radius 1 is 1.09 bits per heavy atom. The van der Waals surface area contributed by atoms with Gasteiger partial charge in [0.05, 0.1) is 19.2 Å². The number of benzene rings is 1. The summed E-state index contributed by atoms with van der Waals surface area (Å²) < 4.78 is 5.90. The van der Waals surface area contributed by atoms with Crippen molar-refractivity contribution in [2.75, 3.05) is 39.3 Å². The maximum Gasteiger partial charge on any atom is 0.242 e. The number of carbonyl (C=O) groups is 3. The van der Waals surface area contributed by atoms with Crippen LogP contribution in [0.2, 0.25) is 0 Å². The zero-order valence-electron chi connectivity index (χ0n) is 22.5. The monoisotopic (exact) mass is 487 g/mol. The molecule has 1 aromatic rings. The van der Waals surface area contributed by atoms with Gasteiger partial charge in [-0.25, -0.2) is 0 Å². The van der Waals surface area contributed by atoms with E-state index < -0.39 is 0 Å². The first-order valence-corrected chi connectivity index (χ1v) is 13.1. The number of Topliss-reactive ketones (excluding diaryl/α,β-unsaturated/α-hetero) is 1. The Kier molecular flexibility index (Phi) is 11.7. The molecule has 0 saturated carbocycles. The number of piperidine rings is 1. The first-order valence-electron chi connectivity index (χ1n) is 13.1. The standard InChI is InChI=1S/C24H35N3O4.C4H10/c1-17(2)13-22-24(30)27(12-9-25-22)15-23(29)26-10-7-19(8-11-26)16-31-21-6-4-5-20(14-21)18(3)28;1-4(2)3/h4-6,14,17,19,22,25H,7-13,15-16H2,1-3H3;4H,1-3H3. The third kappa shape index (κ3) is 10.0. The van der Waals surface area contributed by atoms with E-state index in [4.69, 9.17) is 4.74 Å². The summed E-state index contributed by atoms with van der Waals surface area (Å²) in [4.78, 5) is 40.5. The van der Waals surface area contributed by atoms with Crippen LogP contribution in [0.5, 0.6) is 5.75 Å². The number of rotatable bonds is 8. The van der Waals surface area contributed by atoms with Crippen LogP contribution in [-0.2, 0) is 9.59 Å². The molecule has 0 bridgehead atoms. The number of amides is 2. The van der Waals surface area contributed by atoms with E-state index in [0.29, 0.717) is 49.4 Å². The van der Waals surface area contributed by atoms with E-state index in [-0.39, 0.29) is 30.2 Å². The average molecular weight is 488 g/mol. The Balaban J connectivity index is 0.00000100.